The zero-order chi connectivity index (χ0) is 8.97. The molecule has 0 amide bonds. The molecule has 1 aromatic heterocycles. The van der Waals surface area contributed by atoms with Crippen LogP contribution >= 0.6 is 0 Å². The summed E-state index contributed by atoms with van der Waals surface area (Å²) in [5, 5.41) is 16.6. The van der Waals surface area contributed by atoms with Gasteiger partial charge < -0.3 is 14.9 Å². The average Bonchev–Trinajstić information content (AvgIpc) is 2.47. The van der Waals surface area contributed by atoms with Gasteiger partial charge in [-0.1, -0.05) is 5.16 Å². The molecule has 0 aromatic carbocycles. The predicted octanol–water partition coefficient (Wildman–Crippen LogP) is -0.720. The summed E-state index contributed by atoms with van der Waals surface area (Å²) in [6.07, 6.45) is 0. The first-order chi connectivity index (χ1) is 5.74. The maximum absolute atomic E-state index is 8.80. The molecule has 0 fully saturated rings. The van der Waals surface area contributed by atoms with E-state index in [9.17, 15) is 0 Å². The lowest BCUT2D eigenvalue weighted by Gasteiger charge is -2.13. The number of aromatic nitrogens is 1. The molecule has 0 unspecified atom stereocenters. The van der Waals surface area contributed by atoms with Crippen LogP contribution in [0.2, 0.25) is 0 Å². The van der Waals surface area contributed by atoms with E-state index in [1.54, 1.807) is 0 Å². The molecule has 1 heterocycles. The van der Waals surface area contributed by atoms with Crippen molar-refractivity contribution in [2.24, 2.45) is 5.84 Å². The van der Waals surface area contributed by atoms with Crippen LogP contribution in [0.15, 0.2) is 10.6 Å². The Kier molecular flexibility index (Phi) is 2.89. The Bertz CT molecular complexity index is 237. The third-order valence-electron chi connectivity index (χ3n) is 1.38. The number of aromatic hydroxyl groups is 1. The first kappa shape index (κ1) is 8.82. The van der Waals surface area contributed by atoms with Gasteiger partial charge in [-0.3, -0.25) is 5.01 Å². The zero-order valence-electron chi connectivity index (χ0n) is 6.82. The Balaban J connectivity index is 2.47. The highest BCUT2D eigenvalue weighted by Crippen LogP contribution is 2.15. The smallest absolute Gasteiger partial charge is 0.310 e. The van der Waals surface area contributed by atoms with Crippen LogP contribution in [0.1, 0.15) is 0 Å². The number of hydrazine groups is 1. The maximum Gasteiger partial charge on any atom is 0.310 e. The quantitative estimate of drug-likeness (QED) is 0.410. The van der Waals surface area contributed by atoms with Gasteiger partial charge in [-0.2, -0.15) is 0 Å². The van der Waals surface area contributed by atoms with Crippen LogP contribution < -0.4 is 16.2 Å². The fraction of sp³-hybridized carbons (Fsp3) is 0.500. The highest BCUT2D eigenvalue weighted by atomic mass is 16.5. The van der Waals surface area contributed by atoms with Gasteiger partial charge in [0.2, 0.25) is 0 Å². The fourth-order valence-electron chi connectivity index (χ4n) is 0.739. The number of nitrogens with one attached hydrogen (secondary N) is 1. The monoisotopic (exact) mass is 172 g/mol. The second kappa shape index (κ2) is 3.93. The first-order valence-corrected chi connectivity index (χ1v) is 3.56. The van der Waals surface area contributed by atoms with Crippen LogP contribution in [0.4, 0.5) is 5.82 Å². The van der Waals surface area contributed by atoms with Crippen LogP contribution in [-0.4, -0.2) is 30.4 Å². The first-order valence-electron chi connectivity index (χ1n) is 3.56. The van der Waals surface area contributed by atoms with Crippen LogP contribution in [0, 0.1) is 0 Å². The van der Waals surface area contributed by atoms with Crippen LogP contribution in [-0.2, 0) is 0 Å². The van der Waals surface area contributed by atoms with Crippen molar-refractivity contribution in [3.05, 3.63) is 6.07 Å². The Morgan fingerprint density at radius 3 is 3.08 bits per heavy atom. The number of likely N-dealkylation sites (N-methyl/N-ethyl adjacent to an activating group) is 1. The largest absolute Gasteiger partial charge is 0.479 e. The van der Waals surface area contributed by atoms with Crippen LogP contribution in [0.5, 0.6) is 5.95 Å². The number of nitrogens with zero attached hydrogens (tertiary/aromatic N) is 2. The van der Waals surface area contributed by atoms with Crippen molar-refractivity contribution >= 4 is 5.82 Å². The molecular formula is C6H12N4O2. The zero-order valence-corrected chi connectivity index (χ0v) is 6.82. The summed E-state index contributed by atoms with van der Waals surface area (Å²) in [6, 6.07) is 1.36. The highest BCUT2D eigenvalue weighted by molar-refractivity contribution is 5.37. The van der Waals surface area contributed by atoms with E-state index in [2.05, 4.69) is 15.0 Å². The second-order valence-electron chi connectivity index (χ2n) is 2.32. The second-order valence-corrected chi connectivity index (χ2v) is 2.32. The molecule has 0 aliphatic carbocycles. The molecule has 0 saturated heterocycles. The molecule has 68 valence electrons. The van der Waals surface area contributed by atoms with Gasteiger partial charge >= 0.3 is 5.95 Å². The summed E-state index contributed by atoms with van der Waals surface area (Å²) in [4.78, 5) is 0. The molecule has 0 saturated carbocycles. The molecule has 0 aliphatic heterocycles. The summed E-state index contributed by atoms with van der Waals surface area (Å²) < 4.78 is 4.43. The van der Waals surface area contributed by atoms with Gasteiger partial charge in [0.25, 0.3) is 0 Å². The minimum Gasteiger partial charge on any atom is -0.479 e. The molecule has 0 bridgehead atoms. The van der Waals surface area contributed by atoms with Gasteiger partial charge in [0, 0.05) is 13.1 Å². The van der Waals surface area contributed by atoms with E-state index in [0.717, 1.165) is 6.54 Å². The normalized spacial score (nSPS) is 10.2. The van der Waals surface area contributed by atoms with E-state index < -0.39 is 0 Å². The number of hydrogen-bond acceptors (Lipinski definition) is 6. The molecule has 0 spiro atoms. The summed E-state index contributed by atoms with van der Waals surface area (Å²) >= 11 is 0. The van der Waals surface area contributed by atoms with E-state index in [4.69, 9.17) is 10.9 Å². The summed E-state index contributed by atoms with van der Waals surface area (Å²) in [5.41, 5.74) is 0. The number of nitrogens with two attached hydrogens (primary N) is 1. The summed E-state index contributed by atoms with van der Waals surface area (Å²) in [7, 11) is 1.83. The minimum atomic E-state index is -0.232. The summed E-state index contributed by atoms with van der Waals surface area (Å²) in [5.74, 6) is 5.74. The molecule has 0 aliphatic rings. The molecule has 12 heavy (non-hydrogen) atoms. The lowest BCUT2D eigenvalue weighted by atomic mass is 10.5. The van der Waals surface area contributed by atoms with Crippen molar-refractivity contribution in [2.75, 3.05) is 25.1 Å². The molecule has 1 rings (SSSR count). The lowest BCUT2D eigenvalue weighted by molar-refractivity contribution is 0.278. The van der Waals surface area contributed by atoms with Crippen molar-refractivity contribution in [1.29, 1.82) is 0 Å². The number of anilines is 1. The molecule has 4 N–H and O–H groups in total. The van der Waals surface area contributed by atoms with Crippen molar-refractivity contribution in [1.82, 2.24) is 10.5 Å². The molecular weight excluding hydrogens is 160 g/mol. The lowest BCUT2D eigenvalue weighted by Crippen LogP contribution is -2.36. The number of rotatable bonds is 4. The standard InChI is InChI=1S/C6H12N4O2/c1-8-2-3-10(7)5-4-6(11)12-9-5/h4,8,11H,2-3,7H2,1H3. The molecule has 6 heteroatoms. The van der Waals surface area contributed by atoms with E-state index in [-0.39, 0.29) is 5.95 Å². The average molecular weight is 172 g/mol. The molecule has 0 radical (unpaired) electrons. The fourth-order valence-corrected chi connectivity index (χ4v) is 0.739. The van der Waals surface area contributed by atoms with Gasteiger partial charge in [-0.05, 0) is 7.05 Å². The van der Waals surface area contributed by atoms with E-state index >= 15 is 0 Å². The predicted molar refractivity (Wildman–Crippen MR) is 43.6 cm³/mol. The minimum absolute atomic E-state index is 0.232. The van der Waals surface area contributed by atoms with Gasteiger partial charge in [-0.25, -0.2) is 5.84 Å². The molecule has 6 nitrogen and oxygen atoms in total. The Morgan fingerprint density at radius 2 is 2.58 bits per heavy atom. The van der Waals surface area contributed by atoms with E-state index in [1.165, 1.54) is 11.1 Å². The van der Waals surface area contributed by atoms with E-state index in [0.29, 0.717) is 12.4 Å². The Morgan fingerprint density at radius 1 is 1.83 bits per heavy atom. The number of hydrogen-bond donors (Lipinski definition) is 3. The Hall–Kier alpha value is -1.27. The van der Waals surface area contributed by atoms with Gasteiger partial charge in [-0.15, -0.1) is 0 Å². The van der Waals surface area contributed by atoms with Crippen LogP contribution in [0.3, 0.4) is 0 Å². The van der Waals surface area contributed by atoms with Crippen molar-refractivity contribution in [3.8, 4) is 5.95 Å². The van der Waals surface area contributed by atoms with Gasteiger partial charge in [0.05, 0.1) is 6.07 Å². The van der Waals surface area contributed by atoms with Crippen molar-refractivity contribution < 1.29 is 9.63 Å². The summed E-state index contributed by atoms with van der Waals surface area (Å²) in [6.45, 7) is 1.34. The van der Waals surface area contributed by atoms with Crippen molar-refractivity contribution in [2.45, 2.75) is 0 Å². The van der Waals surface area contributed by atoms with Crippen LogP contribution in [0.25, 0.3) is 0 Å². The molecule has 1 aromatic rings. The molecule has 0 atom stereocenters. The van der Waals surface area contributed by atoms with Gasteiger partial charge in [0.15, 0.2) is 5.82 Å². The topological polar surface area (TPSA) is 87.5 Å². The third kappa shape index (κ3) is 2.11. The van der Waals surface area contributed by atoms with Crippen molar-refractivity contribution in [3.63, 3.8) is 0 Å². The van der Waals surface area contributed by atoms with E-state index in [1.807, 2.05) is 7.05 Å². The highest BCUT2D eigenvalue weighted by Gasteiger charge is 2.06. The Labute approximate surface area is 69.9 Å². The SMILES string of the molecule is CNCCN(N)c1cc(O)on1. The van der Waals surface area contributed by atoms with Gasteiger partial charge in [0.1, 0.15) is 0 Å². The third-order valence-corrected chi connectivity index (χ3v) is 1.38. The maximum atomic E-state index is 8.80.